The maximum Gasteiger partial charge on any atom is 0.248 e. The third-order valence-corrected chi connectivity index (χ3v) is 7.52. The van der Waals surface area contributed by atoms with E-state index in [1.54, 1.807) is 11.1 Å². The van der Waals surface area contributed by atoms with Crippen molar-refractivity contribution in [2.24, 2.45) is 5.92 Å². The molecule has 180 valence electrons. The van der Waals surface area contributed by atoms with Crippen molar-refractivity contribution in [3.63, 3.8) is 0 Å². The van der Waals surface area contributed by atoms with Crippen LogP contribution < -0.4 is 5.32 Å². The minimum absolute atomic E-state index is 0.252. The Morgan fingerprint density at radius 3 is 2.80 bits per heavy atom. The molecule has 0 radical (unpaired) electrons. The summed E-state index contributed by atoms with van der Waals surface area (Å²) in [5, 5.41) is 14.6. The molecule has 1 amide bonds. The summed E-state index contributed by atoms with van der Waals surface area (Å²) in [5.74, 6) is 1.71. The van der Waals surface area contributed by atoms with E-state index in [4.69, 9.17) is 10.1 Å². The van der Waals surface area contributed by atoms with E-state index in [1.165, 1.54) is 12.8 Å². The van der Waals surface area contributed by atoms with Crippen LogP contribution >= 0.6 is 0 Å². The minimum Gasteiger partial charge on any atom is -0.387 e. The van der Waals surface area contributed by atoms with Gasteiger partial charge < -0.3 is 19.9 Å². The average Bonchev–Trinajstić information content (AvgIpc) is 3.22. The SMILES string of the molecule is CC1CCC(n2c3cnccc3c3cnc(Nc4cc5c(cn4)CN(C(=O)CO)CC5)nc32)CC1. The van der Waals surface area contributed by atoms with Crippen LogP contribution in [0.15, 0.2) is 36.9 Å². The Morgan fingerprint density at radius 1 is 1.11 bits per heavy atom. The van der Waals surface area contributed by atoms with Gasteiger partial charge in [0.05, 0.1) is 11.7 Å². The first-order valence-corrected chi connectivity index (χ1v) is 12.3. The van der Waals surface area contributed by atoms with Crippen molar-refractivity contribution in [3.05, 3.63) is 48.0 Å². The van der Waals surface area contributed by atoms with E-state index in [0.29, 0.717) is 30.9 Å². The third kappa shape index (κ3) is 3.99. The summed E-state index contributed by atoms with van der Waals surface area (Å²) in [4.78, 5) is 32.0. The fraction of sp³-hybridized carbons (Fsp3) is 0.423. The zero-order valence-electron chi connectivity index (χ0n) is 19.8. The number of amides is 1. The summed E-state index contributed by atoms with van der Waals surface area (Å²) < 4.78 is 2.36. The lowest BCUT2D eigenvalue weighted by molar-refractivity contribution is -0.135. The topological polar surface area (TPSA) is 109 Å². The molecule has 1 aliphatic heterocycles. The molecule has 35 heavy (non-hydrogen) atoms. The summed E-state index contributed by atoms with van der Waals surface area (Å²) in [7, 11) is 0. The van der Waals surface area contributed by atoms with Crippen molar-refractivity contribution >= 4 is 39.6 Å². The van der Waals surface area contributed by atoms with Crippen LogP contribution in [0.3, 0.4) is 0 Å². The van der Waals surface area contributed by atoms with Crippen LogP contribution in [0.4, 0.5) is 11.8 Å². The number of hydrogen-bond acceptors (Lipinski definition) is 7. The second kappa shape index (κ2) is 8.88. The van der Waals surface area contributed by atoms with Gasteiger partial charge in [0.1, 0.15) is 18.1 Å². The molecule has 2 aliphatic rings. The molecule has 2 N–H and O–H groups in total. The first-order chi connectivity index (χ1) is 17.1. The number of rotatable bonds is 4. The molecule has 0 aromatic carbocycles. The molecule has 4 aromatic rings. The van der Waals surface area contributed by atoms with Crippen molar-refractivity contribution in [1.82, 2.24) is 29.4 Å². The number of carbonyl (C=O) groups is 1. The standard InChI is InChI=1S/C26H29N7O2/c1-16-2-4-19(5-3-16)33-22-13-27-8-6-20(22)21-12-29-26(31-25(21)33)30-23-10-17-7-9-32(24(35)15-34)14-18(17)11-28-23/h6,8,10-13,16,19,34H,2-5,7,9,14-15H2,1H3,(H,28,29,30,31). The zero-order chi connectivity index (χ0) is 23.9. The lowest BCUT2D eigenvalue weighted by Crippen LogP contribution is -2.37. The molecule has 6 rings (SSSR count). The van der Waals surface area contributed by atoms with E-state index >= 15 is 0 Å². The van der Waals surface area contributed by atoms with Crippen LogP contribution in [-0.4, -0.2) is 53.6 Å². The third-order valence-electron chi connectivity index (χ3n) is 7.52. The molecule has 4 aromatic heterocycles. The zero-order valence-corrected chi connectivity index (χ0v) is 19.8. The van der Waals surface area contributed by atoms with Crippen LogP contribution in [0.5, 0.6) is 0 Å². The Balaban J connectivity index is 1.33. The van der Waals surface area contributed by atoms with Gasteiger partial charge in [-0.3, -0.25) is 9.78 Å². The number of carbonyl (C=O) groups excluding carboxylic acids is 1. The summed E-state index contributed by atoms with van der Waals surface area (Å²) in [6.45, 7) is 2.93. The van der Waals surface area contributed by atoms with Crippen molar-refractivity contribution in [3.8, 4) is 0 Å². The van der Waals surface area contributed by atoms with Crippen molar-refractivity contribution in [2.75, 3.05) is 18.5 Å². The highest BCUT2D eigenvalue weighted by Crippen LogP contribution is 2.38. The highest BCUT2D eigenvalue weighted by atomic mass is 16.3. The molecule has 0 saturated heterocycles. The molecule has 0 spiro atoms. The Bertz CT molecular complexity index is 1410. The summed E-state index contributed by atoms with van der Waals surface area (Å²) >= 11 is 0. The predicted octanol–water partition coefficient (Wildman–Crippen LogP) is 3.75. The van der Waals surface area contributed by atoms with Gasteiger partial charge in [0.2, 0.25) is 11.9 Å². The molecule has 9 nitrogen and oxygen atoms in total. The van der Waals surface area contributed by atoms with Gasteiger partial charge in [0, 0.05) is 48.5 Å². The molecular weight excluding hydrogens is 442 g/mol. The summed E-state index contributed by atoms with van der Waals surface area (Å²) in [6.07, 6.45) is 12.9. The van der Waals surface area contributed by atoms with Gasteiger partial charge in [-0.2, -0.15) is 4.98 Å². The number of anilines is 2. The number of aliphatic hydroxyl groups is 1. The molecule has 0 bridgehead atoms. The van der Waals surface area contributed by atoms with Gasteiger partial charge in [-0.1, -0.05) is 6.92 Å². The van der Waals surface area contributed by atoms with Gasteiger partial charge >= 0.3 is 0 Å². The molecule has 0 atom stereocenters. The van der Waals surface area contributed by atoms with Crippen molar-refractivity contribution in [2.45, 2.75) is 51.6 Å². The number of pyridine rings is 2. The van der Waals surface area contributed by atoms with Gasteiger partial charge in [-0.05, 0) is 61.3 Å². The predicted molar refractivity (Wildman–Crippen MR) is 133 cm³/mol. The molecule has 5 heterocycles. The Hall–Kier alpha value is -3.59. The van der Waals surface area contributed by atoms with Crippen molar-refractivity contribution < 1.29 is 9.90 Å². The van der Waals surface area contributed by atoms with E-state index in [2.05, 4.69) is 31.8 Å². The van der Waals surface area contributed by atoms with Gasteiger partial charge in [0.25, 0.3) is 0 Å². The van der Waals surface area contributed by atoms with E-state index in [0.717, 1.165) is 58.2 Å². The van der Waals surface area contributed by atoms with Crippen LogP contribution in [0.25, 0.3) is 21.9 Å². The van der Waals surface area contributed by atoms with Gasteiger partial charge in [0.15, 0.2) is 0 Å². The van der Waals surface area contributed by atoms with Crippen LogP contribution in [0, 0.1) is 5.92 Å². The van der Waals surface area contributed by atoms with Crippen LogP contribution in [0.2, 0.25) is 0 Å². The highest BCUT2D eigenvalue weighted by molar-refractivity contribution is 6.06. The Labute approximate surface area is 203 Å². The lowest BCUT2D eigenvalue weighted by atomic mass is 9.87. The number of nitrogens with one attached hydrogen (secondary N) is 1. The smallest absolute Gasteiger partial charge is 0.248 e. The number of nitrogens with zero attached hydrogens (tertiary/aromatic N) is 6. The molecule has 1 fully saturated rings. The first kappa shape index (κ1) is 21.9. The molecule has 9 heteroatoms. The average molecular weight is 472 g/mol. The largest absolute Gasteiger partial charge is 0.387 e. The molecular formula is C26H29N7O2. The summed E-state index contributed by atoms with van der Waals surface area (Å²) in [5.41, 5.74) is 4.18. The maximum atomic E-state index is 11.8. The van der Waals surface area contributed by atoms with E-state index in [1.807, 2.05) is 30.7 Å². The Kier molecular flexibility index (Phi) is 5.56. The number of aliphatic hydroxyl groups excluding tert-OH is 1. The molecule has 1 aliphatic carbocycles. The number of aromatic nitrogens is 5. The minimum atomic E-state index is -0.463. The maximum absolute atomic E-state index is 11.8. The highest BCUT2D eigenvalue weighted by Gasteiger charge is 2.25. The number of hydrogen-bond donors (Lipinski definition) is 2. The second-order valence-corrected chi connectivity index (χ2v) is 9.79. The van der Waals surface area contributed by atoms with Gasteiger partial charge in [-0.25, -0.2) is 9.97 Å². The van der Waals surface area contributed by atoms with E-state index in [-0.39, 0.29) is 5.91 Å². The molecule has 1 saturated carbocycles. The van der Waals surface area contributed by atoms with E-state index < -0.39 is 6.61 Å². The fourth-order valence-electron chi connectivity index (χ4n) is 5.53. The van der Waals surface area contributed by atoms with Gasteiger partial charge in [-0.15, -0.1) is 0 Å². The Morgan fingerprint density at radius 2 is 1.97 bits per heavy atom. The van der Waals surface area contributed by atoms with E-state index in [9.17, 15) is 4.79 Å². The molecule has 0 unspecified atom stereocenters. The normalized spacial score (nSPS) is 20.2. The second-order valence-electron chi connectivity index (χ2n) is 9.79. The lowest BCUT2D eigenvalue weighted by Gasteiger charge is -2.28. The van der Waals surface area contributed by atoms with Crippen LogP contribution in [-0.2, 0) is 17.8 Å². The number of fused-ring (bicyclic) bond motifs is 4. The fourth-order valence-corrected chi connectivity index (χ4v) is 5.53. The summed E-state index contributed by atoms with van der Waals surface area (Å²) in [6, 6.07) is 4.46. The first-order valence-electron chi connectivity index (χ1n) is 12.3. The quantitative estimate of drug-likeness (QED) is 0.467. The monoisotopic (exact) mass is 471 g/mol. The van der Waals surface area contributed by atoms with Crippen molar-refractivity contribution in [1.29, 1.82) is 0 Å². The van der Waals surface area contributed by atoms with Crippen LogP contribution in [0.1, 0.15) is 49.8 Å².